The van der Waals surface area contributed by atoms with Gasteiger partial charge in [-0.05, 0) is 11.6 Å². The number of nitro benzene ring substituents is 1. The van der Waals surface area contributed by atoms with Crippen molar-refractivity contribution in [2.75, 3.05) is 32.1 Å². The molecule has 0 saturated carbocycles. The zero-order valence-corrected chi connectivity index (χ0v) is 12.1. The van der Waals surface area contributed by atoms with Gasteiger partial charge < -0.3 is 20.5 Å². The van der Waals surface area contributed by atoms with E-state index < -0.39 is 10.5 Å². The van der Waals surface area contributed by atoms with Crippen LogP contribution in [0.1, 0.15) is 18.4 Å². The van der Waals surface area contributed by atoms with Crippen LogP contribution in [0.5, 0.6) is 0 Å². The van der Waals surface area contributed by atoms with Gasteiger partial charge in [0, 0.05) is 52.3 Å². The monoisotopic (exact) mass is 295 g/mol. The lowest BCUT2D eigenvalue weighted by atomic mass is 9.94. The molecule has 21 heavy (non-hydrogen) atoms. The van der Waals surface area contributed by atoms with Crippen LogP contribution in [0.15, 0.2) is 18.2 Å². The Morgan fingerprint density at radius 1 is 1.43 bits per heavy atom. The van der Waals surface area contributed by atoms with Crippen LogP contribution >= 0.6 is 0 Å². The first-order chi connectivity index (χ1) is 10.0. The van der Waals surface area contributed by atoms with Crippen molar-refractivity contribution in [1.82, 2.24) is 5.32 Å². The Kier molecular flexibility index (Phi) is 5.11. The largest absolute Gasteiger partial charge is 0.388 e. The second kappa shape index (κ2) is 6.84. The minimum atomic E-state index is -0.741. The molecule has 1 heterocycles. The van der Waals surface area contributed by atoms with E-state index in [4.69, 9.17) is 4.74 Å². The smallest absolute Gasteiger partial charge is 0.292 e. The molecular formula is C14H21N3O4. The molecule has 0 atom stereocenters. The average Bonchev–Trinajstić information content (AvgIpc) is 2.47. The molecule has 1 saturated heterocycles. The number of aliphatic hydroxyl groups is 1. The summed E-state index contributed by atoms with van der Waals surface area (Å²) in [5.74, 6) is 0. The summed E-state index contributed by atoms with van der Waals surface area (Å²) in [5.41, 5.74) is 0.625. The Morgan fingerprint density at radius 3 is 2.76 bits per heavy atom. The molecule has 0 unspecified atom stereocenters. The summed E-state index contributed by atoms with van der Waals surface area (Å²) in [7, 11) is 1.65. The highest BCUT2D eigenvalue weighted by atomic mass is 16.6. The van der Waals surface area contributed by atoms with E-state index in [1.807, 2.05) is 6.07 Å². The Morgan fingerprint density at radius 2 is 2.14 bits per heavy atom. The number of nitro groups is 1. The predicted octanol–water partition coefficient (Wildman–Crippen LogP) is 1.27. The standard InChI is InChI=1S/C14H21N3O4/c1-15-12-3-2-11(8-13(12)17(19)20)9-16-10-14(18)4-6-21-7-5-14/h2-3,8,15-16,18H,4-7,9-10H2,1H3. The van der Waals surface area contributed by atoms with Crippen molar-refractivity contribution < 1.29 is 14.8 Å². The molecular weight excluding hydrogens is 274 g/mol. The minimum absolute atomic E-state index is 0.0570. The van der Waals surface area contributed by atoms with Gasteiger partial charge in [-0.15, -0.1) is 0 Å². The van der Waals surface area contributed by atoms with E-state index in [0.717, 1.165) is 5.56 Å². The van der Waals surface area contributed by atoms with Crippen LogP contribution < -0.4 is 10.6 Å². The maximum Gasteiger partial charge on any atom is 0.292 e. The molecule has 0 spiro atoms. The second-order valence-corrected chi connectivity index (χ2v) is 5.30. The predicted molar refractivity (Wildman–Crippen MR) is 79.4 cm³/mol. The molecule has 0 aliphatic carbocycles. The number of rotatable bonds is 6. The van der Waals surface area contributed by atoms with E-state index in [1.54, 1.807) is 19.2 Å². The lowest BCUT2D eigenvalue weighted by Crippen LogP contribution is -2.44. The molecule has 116 valence electrons. The molecule has 1 aliphatic heterocycles. The number of hydrogen-bond donors (Lipinski definition) is 3. The summed E-state index contributed by atoms with van der Waals surface area (Å²) < 4.78 is 5.23. The van der Waals surface area contributed by atoms with Crippen LogP contribution in [0.25, 0.3) is 0 Å². The Hall–Kier alpha value is -1.70. The normalized spacial score (nSPS) is 17.4. The van der Waals surface area contributed by atoms with Crippen LogP contribution in [0, 0.1) is 10.1 Å². The van der Waals surface area contributed by atoms with Gasteiger partial charge in [-0.1, -0.05) is 6.07 Å². The molecule has 0 bridgehead atoms. The third-order valence-corrected chi connectivity index (χ3v) is 3.73. The van der Waals surface area contributed by atoms with Crippen molar-refractivity contribution in [3.8, 4) is 0 Å². The summed E-state index contributed by atoms with van der Waals surface area (Å²) >= 11 is 0. The van der Waals surface area contributed by atoms with Gasteiger partial charge in [0.15, 0.2) is 0 Å². The van der Waals surface area contributed by atoms with E-state index in [2.05, 4.69) is 10.6 Å². The zero-order valence-electron chi connectivity index (χ0n) is 12.1. The van der Waals surface area contributed by atoms with Crippen molar-refractivity contribution in [1.29, 1.82) is 0 Å². The van der Waals surface area contributed by atoms with Crippen molar-refractivity contribution in [2.24, 2.45) is 0 Å². The quantitative estimate of drug-likeness (QED) is 0.540. The fourth-order valence-corrected chi connectivity index (χ4v) is 2.42. The van der Waals surface area contributed by atoms with E-state index in [9.17, 15) is 15.2 Å². The first kappa shape index (κ1) is 15.7. The summed E-state index contributed by atoms with van der Waals surface area (Å²) in [6, 6.07) is 5.07. The number of nitrogens with zero attached hydrogens (tertiary/aromatic N) is 1. The van der Waals surface area contributed by atoms with Crippen LogP contribution in [0.4, 0.5) is 11.4 Å². The van der Waals surface area contributed by atoms with E-state index in [1.165, 1.54) is 0 Å². The Bertz CT molecular complexity index is 501. The highest BCUT2D eigenvalue weighted by Crippen LogP contribution is 2.25. The lowest BCUT2D eigenvalue weighted by Gasteiger charge is -2.32. The van der Waals surface area contributed by atoms with Gasteiger partial charge in [-0.25, -0.2) is 0 Å². The fourth-order valence-electron chi connectivity index (χ4n) is 2.42. The number of anilines is 1. The zero-order chi connectivity index (χ0) is 15.3. The summed E-state index contributed by atoms with van der Waals surface area (Å²) in [6.45, 7) is 2.08. The second-order valence-electron chi connectivity index (χ2n) is 5.30. The highest BCUT2D eigenvalue weighted by molar-refractivity contribution is 5.62. The molecule has 3 N–H and O–H groups in total. The first-order valence-electron chi connectivity index (χ1n) is 7.00. The first-order valence-corrected chi connectivity index (χ1v) is 7.00. The average molecular weight is 295 g/mol. The van der Waals surface area contributed by atoms with E-state index >= 15 is 0 Å². The Balaban J connectivity index is 1.94. The number of benzene rings is 1. The van der Waals surface area contributed by atoms with Gasteiger partial charge in [0.05, 0.1) is 10.5 Å². The lowest BCUT2D eigenvalue weighted by molar-refractivity contribution is -0.384. The molecule has 1 fully saturated rings. The van der Waals surface area contributed by atoms with Crippen LogP contribution in [-0.2, 0) is 11.3 Å². The van der Waals surface area contributed by atoms with Gasteiger partial charge in [-0.2, -0.15) is 0 Å². The SMILES string of the molecule is CNc1ccc(CNCC2(O)CCOCC2)cc1[N+](=O)[O-]. The molecule has 2 rings (SSSR count). The van der Waals surface area contributed by atoms with Crippen molar-refractivity contribution in [3.63, 3.8) is 0 Å². The third kappa shape index (κ3) is 4.13. The van der Waals surface area contributed by atoms with Gasteiger partial charge in [-0.3, -0.25) is 10.1 Å². The molecule has 7 heteroatoms. The molecule has 0 amide bonds. The van der Waals surface area contributed by atoms with Gasteiger partial charge in [0.1, 0.15) is 5.69 Å². The molecule has 0 radical (unpaired) electrons. The van der Waals surface area contributed by atoms with Crippen molar-refractivity contribution in [3.05, 3.63) is 33.9 Å². The molecule has 1 aliphatic rings. The maximum absolute atomic E-state index is 11.0. The summed E-state index contributed by atoms with van der Waals surface area (Å²) in [4.78, 5) is 10.6. The molecule has 0 aromatic heterocycles. The van der Waals surface area contributed by atoms with Gasteiger partial charge >= 0.3 is 0 Å². The highest BCUT2D eigenvalue weighted by Gasteiger charge is 2.29. The van der Waals surface area contributed by atoms with Crippen LogP contribution in [0.3, 0.4) is 0 Å². The van der Waals surface area contributed by atoms with Crippen LogP contribution in [-0.4, -0.2) is 42.4 Å². The van der Waals surface area contributed by atoms with Crippen molar-refractivity contribution in [2.45, 2.75) is 25.0 Å². The fraction of sp³-hybridized carbons (Fsp3) is 0.571. The van der Waals surface area contributed by atoms with E-state index in [0.29, 0.717) is 44.8 Å². The summed E-state index contributed by atoms with van der Waals surface area (Å²) in [6.07, 6.45) is 1.22. The topological polar surface area (TPSA) is 96.7 Å². The Labute approximate surface area is 123 Å². The third-order valence-electron chi connectivity index (χ3n) is 3.73. The van der Waals surface area contributed by atoms with E-state index in [-0.39, 0.29) is 5.69 Å². The van der Waals surface area contributed by atoms with Crippen molar-refractivity contribution >= 4 is 11.4 Å². The molecule has 1 aromatic rings. The number of ether oxygens (including phenoxy) is 1. The minimum Gasteiger partial charge on any atom is -0.388 e. The molecule has 1 aromatic carbocycles. The number of nitrogens with one attached hydrogen (secondary N) is 2. The molecule has 7 nitrogen and oxygen atoms in total. The maximum atomic E-state index is 11.0. The number of hydrogen-bond acceptors (Lipinski definition) is 6. The summed E-state index contributed by atoms with van der Waals surface area (Å²) in [5, 5.41) is 27.3. The van der Waals surface area contributed by atoms with Gasteiger partial charge in [0.25, 0.3) is 5.69 Å². The van der Waals surface area contributed by atoms with Crippen LogP contribution in [0.2, 0.25) is 0 Å². The van der Waals surface area contributed by atoms with Gasteiger partial charge in [0.2, 0.25) is 0 Å².